The molecule has 0 unspecified atom stereocenters. The molecule has 0 spiro atoms. The first-order valence-corrected chi connectivity index (χ1v) is 29.1. The first kappa shape index (κ1) is 58.8. The Morgan fingerprint density at radius 2 is 0.653 bits per heavy atom. The van der Waals surface area contributed by atoms with Crippen molar-refractivity contribution in [1.82, 2.24) is 0 Å². The molecule has 0 saturated carbocycles. The molecule has 6 rings (SSSR count). The molecular formula is C64H96O6P2. The molecule has 0 atom stereocenters. The van der Waals surface area contributed by atoms with E-state index < -0.39 is 39.1 Å². The van der Waals surface area contributed by atoms with Crippen LogP contribution in [0.2, 0.25) is 0 Å². The number of hydrogen-bond acceptors (Lipinski definition) is 6. The van der Waals surface area contributed by atoms with Crippen molar-refractivity contribution < 1.29 is 28.6 Å². The second-order valence-electron chi connectivity index (χ2n) is 30.1. The van der Waals surface area contributed by atoms with Crippen LogP contribution >= 0.6 is 17.2 Å². The van der Waals surface area contributed by atoms with Crippen LogP contribution in [0, 0.1) is 0 Å². The van der Waals surface area contributed by atoms with Crippen LogP contribution in [0.4, 0.5) is 0 Å². The Morgan fingerprint density at radius 1 is 0.375 bits per heavy atom. The summed E-state index contributed by atoms with van der Waals surface area (Å²) in [6.07, 6.45) is 3.02. The Hall–Kier alpha value is -2.50. The minimum Gasteiger partial charge on any atom is -0.328 e. The molecule has 0 saturated heterocycles. The fraction of sp³-hybridized carbons (Fsp3) is 0.625. The highest BCUT2D eigenvalue weighted by Crippen LogP contribution is 2.69. The first-order chi connectivity index (χ1) is 32.4. The van der Waals surface area contributed by atoms with Gasteiger partial charge < -0.3 is 24.1 Å². The topological polar surface area (TPSA) is 99.4 Å². The Labute approximate surface area is 440 Å². The van der Waals surface area contributed by atoms with Gasteiger partial charge in [-0.25, -0.2) is 0 Å². The molecule has 0 bridgehead atoms. The molecule has 4 N–H and O–H groups in total. The maximum Gasteiger partial charge on any atom is 0.328 e. The molecule has 0 radical (unpaired) electrons. The Kier molecular flexibility index (Phi) is 15.7. The highest BCUT2D eigenvalue weighted by molar-refractivity contribution is 7.39. The van der Waals surface area contributed by atoms with Crippen molar-refractivity contribution in [3.8, 4) is 0 Å². The third-order valence-electron chi connectivity index (χ3n) is 15.9. The van der Waals surface area contributed by atoms with Crippen molar-refractivity contribution in [3.63, 3.8) is 0 Å². The lowest BCUT2D eigenvalue weighted by molar-refractivity contribution is 0.00993. The SMILES string of the molecule is CC(C)(C)c1cc2c(c(C(C)(C)C)c1)C(CCCCOP(O)O)(C1(OP(O)O)c3c(cc(C(C)(C)C)cc3C(C)(C)C)Cc3cc(C(C)(C)C)cc(C(C)(C)C)c31)c1c(cc(C(C)(C)C)cc1C(C)(C)C)C2. The summed E-state index contributed by atoms with van der Waals surface area (Å²) in [6.45, 7) is 55.7. The molecular weight excluding hydrogens is 927 g/mol. The highest BCUT2D eigenvalue weighted by Gasteiger charge is 2.66. The van der Waals surface area contributed by atoms with Gasteiger partial charge in [0.05, 0.1) is 12.0 Å². The number of hydrogen-bond donors (Lipinski definition) is 4. The number of benzene rings is 4. The Balaban J connectivity index is 2.16. The lowest BCUT2D eigenvalue weighted by Crippen LogP contribution is -2.59. The molecule has 2 aliphatic rings. The molecule has 398 valence electrons. The average molecular weight is 1020 g/mol. The largest absolute Gasteiger partial charge is 0.328 e. The van der Waals surface area contributed by atoms with Gasteiger partial charge in [-0.15, -0.1) is 0 Å². The van der Waals surface area contributed by atoms with E-state index >= 15 is 0 Å². The van der Waals surface area contributed by atoms with Gasteiger partial charge in [0.25, 0.3) is 0 Å². The van der Waals surface area contributed by atoms with Gasteiger partial charge in [0.1, 0.15) is 5.60 Å². The molecule has 4 aromatic carbocycles. The summed E-state index contributed by atoms with van der Waals surface area (Å²) in [5.41, 5.74) is 13.9. The van der Waals surface area contributed by atoms with Gasteiger partial charge in [-0.05, 0) is 164 Å². The summed E-state index contributed by atoms with van der Waals surface area (Å²) in [5, 5.41) is 0. The van der Waals surface area contributed by atoms with Gasteiger partial charge in [0.15, 0.2) is 0 Å². The van der Waals surface area contributed by atoms with E-state index in [0.717, 1.165) is 33.4 Å². The molecule has 0 amide bonds. The van der Waals surface area contributed by atoms with Gasteiger partial charge in [-0.2, -0.15) is 0 Å². The van der Waals surface area contributed by atoms with Crippen LogP contribution in [-0.2, 0) is 76.2 Å². The summed E-state index contributed by atoms with van der Waals surface area (Å²) in [6, 6.07) is 19.6. The summed E-state index contributed by atoms with van der Waals surface area (Å²) in [7, 11) is -5.61. The fourth-order valence-corrected chi connectivity index (χ4v) is 13.0. The number of fused-ring (bicyclic) bond motifs is 4. The second kappa shape index (κ2) is 19.2. The van der Waals surface area contributed by atoms with Crippen LogP contribution in [-0.4, -0.2) is 26.2 Å². The van der Waals surface area contributed by atoms with E-state index in [9.17, 15) is 19.6 Å². The van der Waals surface area contributed by atoms with Crippen molar-refractivity contribution in [2.45, 2.75) is 253 Å². The quantitative estimate of drug-likeness (QED) is 0.0985. The summed E-state index contributed by atoms with van der Waals surface area (Å²) >= 11 is 0. The molecule has 0 aliphatic heterocycles. The third kappa shape index (κ3) is 11.0. The van der Waals surface area contributed by atoms with Crippen LogP contribution in [0.15, 0.2) is 48.5 Å². The number of rotatable bonds is 9. The second-order valence-corrected chi connectivity index (χ2v) is 31.5. The summed E-state index contributed by atoms with van der Waals surface area (Å²) < 4.78 is 13.5. The smallest absolute Gasteiger partial charge is 0.328 e. The van der Waals surface area contributed by atoms with E-state index in [0.29, 0.717) is 32.1 Å². The number of unbranched alkanes of at least 4 members (excludes halogenated alkanes) is 1. The van der Waals surface area contributed by atoms with Gasteiger partial charge in [0, 0.05) is 0 Å². The molecule has 0 aromatic heterocycles. The normalized spacial score (nSPS) is 16.5. The van der Waals surface area contributed by atoms with E-state index in [1.165, 1.54) is 55.6 Å². The Morgan fingerprint density at radius 3 is 0.903 bits per heavy atom. The predicted octanol–water partition coefficient (Wildman–Crippen LogP) is 16.7. The Bertz CT molecular complexity index is 2500. The van der Waals surface area contributed by atoms with E-state index in [4.69, 9.17) is 9.05 Å². The zero-order valence-electron chi connectivity index (χ0n) is 49.4. The first-order valence-electron chi connectivity index (χ1n) is 26.8. The lowest BCUT2D eigenvalue weighted by atomic mass is 9.46. The van der Waals surface area contributed by atoms with Crippen LogP contribution in [0.3, 0.4) is 0 Å². The minimum atomic E-state index is -3.06. The monoisotopic (exact) mass is 1020 g/mol. The highest BCUT2D eigenvalue weighted by atomic mass is 31.2. The average Bonchev–Trinajstić information content (AvgIpc) is 3.18. The molecule has 4 aromatic rings. The van der Waals surface area contributed by atoms with Crippen LogP contribution in [0.5, 0.6) is 0 Å². The maximum atomic E-state index is 12.5. The van der Waals surface area contributed by atoms with Crippen molar-refractivity contribution in [1.29, 1.82) is 0 Å². The van der Waals surface area contributed by atoms with Crippen molar-refractivity contribution in [3.05, 3.63) is 138 Å². The van der Waals surface area contributed by atoms with E-state index in [-0.39, 0.29) is 39.1 Å². The molecule has 0 fully saturated rings. The molecule has 8 heteroatoms. The lowest BCUT2D eigenvalue weighted by Gasteiger charge is -2.60. The van der Waals surface area contributed by atoms with E-state index in [1.54, 1.807) is 0 Å². The summed E-state index contributed by atoms with van der Waals surface area (Å²) in [4.78, 5) is 45.2. The molecule has 0 heterocycles. The zero-order chi connectivity index (χ0) is 54.7. The van der Waals surface area contributed by atoms with E-state index in [1.807, 2.05) is 0 Å². The molecule has 2 aliphatic carbocycles. The third-order valence-corrected chi connectivity index (χ3v) is 16.7. The fourth-order valence-electron chi connectivity index (χ4n) is 12.1. The standard InChI is InChI=1S/C64H96O6P2/c1-55(2,3)43-31-39-29-40-32-44(56(4,5)6)36-48(60(16,17)18)52(40)63(27-25-26-28-69-71(65)66,51(39)47(35-43)59(13,14)15)64(70-72(67)68)53-41(33-45(57(7,8)9)37-49(53)61(19,20)21)30-42-34-46(58(10,11)12)38-50(54(42)64)62(22,23)24/h31-38,65-68H,25-30H2,1-24H3. The van der Waals surface area contributed by atoms with Gasteiger partial charge >= 0.3 is 17.2 Å². The van der Waals surface area contributed by atoms with Crippen molar-refractivity contribution in [2.75, 3.05) is 6.61 Å². The van der Waals surface area contributed by atoms with Crippen LogP contribution in [0.1, 0.15) is 274 Å². The van der Waals surface area contributed by atoms with Gasteiger partial charge in [-0.1, -0.05) is 215 Å². The predicted molar refractivity (Wildman–Crippen MR) is 306 cm³/mol. The van der Waals surface area contributed by atoms with E-state index in [2.05, 4.69) is 215 Å². The minimum absolute atomic E-state index is 0.163. The van der Waals surface area contributed by atoms with Crippen molar-refractivity contribution in [2.24, 2.45) is 0 Å². The summed E-state index contributed by atoms with van der Waals surface area (Å²) in [5.74, 6) is 0. The molecule has 72 heavy (non-hydrogen) atoms. The molecule has 6 nitrogen and oxygen atoms in total. The van der Waals surface area contributed by atoms with Crippen molar-refractivity contribution >= 4 is 17.2 Å². The van der Waals surface area contributed by atoms with Gasteiger partial charge in [-0.3, -0.25) is 4.52 Å². The zero-order valence-corrected chi connectivity index (χ0v) is 51.2. The van der Waals surface area contributed by atoms with Crippen LogP contribution < -0.4 is 0 Å². The van der Waals surface area contributed by atoms with Gasteiger partial charge in [0.2, 0.25) is 0 Å². The maximum absolute atomic E-state index is 12.5. The van der Waals surface area contributed by atoms with Crippen LogP contribution in [0.25, 0.3) is 0 Å².